The van der Waals surface area contributed by atoms with E-state index in [4.69, 9.17) is 5.73 Å². The van der Waals surface area contributed by atoms with E-state index in [0.29, 0.717) is 0 Å². The number of benzene rings is 1. The van der Waals surface area contributed by atoms with Crippen LogP contribution in [0.4, 0.5) is 4.39 Å². The predicted octanol–water partition coefficient (Wildman–Crippen LogP) is 1.41. The number of nitrogens with two attached hydrogens (primary N) is 1. The van der Waals surface area contributed by atoms with Gasteiger partial charge in [0.15, 0.2) is 0 Å². The van der Waals surface area contributed by atoms with Crippen molar-refractivity contribution in [3.05, 3.63) is 35.6 Å². The molecule has 0 saturated carbocycles. The van der Waals surface area contributed by atoms with E-state index in [-0.39, 0.29) is 11.7 Å². The van der Waals surface area contributed by atoms with Gasteiger partial charge in [0.2, 0.25) is 5.91 Å². The van der Waals surface area contributed by atoms with E-state index in [9.17, 15) is 9.18 Å². The standard InChI is InChI=1S/C9H10FNO/c1-6(9(11)12)7-2-4-8(10)5-3-7/h2-6H,1H3,(H2,11,12). The zero-order valence-corrected chi connectivity index (χ0v) is 6.75. The Hall–Kier alpha value is -1.38. The van der Waals surface area contributed by atoms with E-state index in [0.717, 1.165) is 5.56 Å². The molecule has 0 saturated heterocycles. The van der Waals surface area contributed by atoms with Crippen LogP contribution in [-0.2, 0) is 4.79 Å². The largest absolute Gasteiger partial charge is 0.369 e. The summed E-state index contributed by atoms with van der Waals surface area (Å²) in [5.74, 6) is -1.07. The van der Waals surface area contributed by atoms with Gasteiger partial charge in [-0.2, -0.15) is 0 Å². The van der Waals surface area contributed by atoms with Crippen LogP contribution in [-0.4, -0.2) is 5.91 Å². The zero-order chi connectivity index (χ0) is 9.14. The normalized spacial score (nSPS) is 12.5. The molecule has 1 unspecified atom stereocenters. The molecule has 0 bridgehead atoms. The van der Waals surface area contributed by atoms with Gasteiger partial charge < -0.3 is 5.73 Å². The average Bonchev–Trinajstić information content (AvgIpc) is 2.04. The molecule has 0 heterocycles. The monoisotopic (exact) mass is 167 g/mol. The highest BCUT2D eigenvalue weighted by Gasteiger charge is 2.10. The molecule has 0 aromatic heterocycles. The molecule has 0 radical (unpaired) electrons. The van der Waals surface area contributed by atoms with Crippen molar-refractivity contribution in [1.29, 1.82) is 0 Å². The molecule has 2 N–H and O–H groups in total. The molecule has 2 nitrogen and oxygen atoms in total. The fourth-order valence-electron chi connectivity index (χ4n) is 0.916. The van der Waals surface area contributed by atoms with Crippen LogP contribution in [0.25, 0.3) is 0 Å². The van der Waals surface area contributed by atoms with E-state index in [1.807, 2.05) is 0 Å². The van der Waals surface area contributed by atoms with Gasteiger partial charge >= 0.3 is 0 Å². The first-order chi connectivity index (χ1) is 5.61. The van der Waals surface area contributed by atoms with Crippen molar-refractivity contribution in [2.45, 2.75) is 12.8 Å². The van der Waals surface area contributed by atoms with Crippen molar-refractivity contribution in [1.82, 2.24) is 0 Å². The minimum Gasteiger partial charge on any atom is -0.369 e. The van der Waals surface area contributed by atoms with E-state index in [1.165, 1.54) is 12.1 Å². The number of carbonyl (C=O) groups excluding carboxylic acids is 1. The van der Waals surface area contributed by atoms with Crippen LogP contribution < -0.4 is 5.73 Å². The first-order valence-corrected chi connectivity index (χ1v) is 3.66. The molecule has 0 fully saturated rings. The van der Waals surface area contributed by atoms with Crippen molar-refractivity contribution in [2.24, 2.45) is 5.73 Å². The number of carbonyl (C=O) groups is 1. The van der Waals surface area contributed by atoms with E-state index < -0.39 is 5.91 Å². The second kappa shape index (κ2) is 3.34. The topological polar surface area (TPSA) is 43.1 Å². The highest BCUT2D eigenvalue weighted by molar-refractivity contribution is 5.81. The zero-order valence-electron chi connectivity index (χ0n) is 6.75. The fraction of sp³-hybridized carbons (Fsp3) is 0.222. The highest BCUT2D eigenvalue weighted by Crippen LogP contribution is 2.14. The summed E-state index contributed by atoms with van der Waals surface area (Å²) >= 11 is 0. The molecule has 1 aromatic rings. The van der Waals surface area contributed by atoms with E-state index in [1.54, 1.807) is 19.1 Å². The number of primary amides is 1. The van der Waals surface area contributed by atoms with Crippen LogP contribution >= 0.6 is 0 Å². The van der Waals surface area contributed by atoms with Crippen molar-refractivity contribution < 1.29 is 9.18 Å². The minimum absolute atomic E-state index is 0.310. The van der Waals surface area contributed by atoms with Crippen LogP contribution in [0.1, 0.15) is 18.4 Å². The van der Waals surface area contributed by atoms with Crippen LogP contribution in [0.5, 0.6) is 0 Å². The third-order valence-corrected chi connectivity index (χ3v) is 1.80. The summed E-state index contributed by atoms with van der Waals surface area (Å²) in [5.41, 5.74) is 5.81. The Bertz CT molecular complexity index is 281. The quantitative estimate of drug-likeness (QED) is 0.711. The Morgan fingerprint density at radius 2 is 1.92 bits per heavy atom. The van der Waals surface area contributed by atoms with Crippen LogP contribution in [0, 0.1) is 5.82 Å². The maximum Gasteiger partial charge on any atom is 0.224 e. The second-order valence-electron chi connectivity index (χ2n) is 2.68. The lowest BCUT2D eigenvalue weighted by atomic mass is 10.0. The fourth-order valence-corrected chi connectivity index (χ4v) is 0.916. The average molecular weight is 167 g/mol. The lowest BCUT2D eigenvalue weighted by Gasteiger charge is -2.05. The van der Waals surface area contributed by atoms with Crippen molar-refractivity contribution in [3.63, 3.8) is 0 Å². The van der Waals surface area contributed by atoms with E-state index >= 15 is 0 Å². The molecule has 0 aliphatic carbocycles. The lowest BCUT2D eigenvalue weighted by molar-refractivity contribution is -0.119. The Morgan fingerprint density at radius 3 is 2.33 bits per heavy atom. The Balaban J connectivity index is 2.89. The summed E-state index contributed by atoms with van der Waals surface area (Å²) in [5, 5.41) is 0. The van der Waals surface area contributed by atoms with Crippen LogP contribution in [0.2, 0.25) is 0 Å². The number of rotatable bonds is 2. The smallest absolute Gasteiger partial charge is 0.224 e. The maximum absolute atomic E-state index is 12.4. The van der Waals surface area contributed by atoms with Gasteiger partial charge in [-0.1, -0.05) is 12.1 Å². The third-order valence-electron chi connectivity index (χ3n) is 1.80. The van der Waals surface area contributed by atoms with Gasteiger partial charge in [0.25, 0.3) is 0 Å². The second-order valence-corrected chi connectivity index (χ2v) is 2.68. The molecule has 1 rings (SSSR count). The summed E-state index contributed by atoms with van der Waals surface area (Å²) < 4.78 is 12.4. The van der Waals surface area contributed by atoms with E-state index in [2.05, 4.69) is 0 Å². The summed E-state index contributed by atoms with van der Waals surface area (Å²) in [7, 11) is 0. The van der Waals surface area contributed by atoms with Gasteiger partial charge in [-0.25, -0.2) is 4.39 Å². The number of halogens is 1. The molecule has 64 valence electrons. The molecule has 12 heavy (non-hydrogen) atoms. The molecular weight excluding hydrogens is 157 g/mol. The van der Waals surface area contributed by atoms with Crippen molar-refractivity contribution in [3.8, 4) is 0 Å². The Labute approximate surface area is 70.2 Å². The minimum atomic E-state index is -0.401. The van der Waals surface area contributed by atoms with Gasteiger partial charge in [0.05, 0.1) is 5.92 Å². The van der Waals surface area contributed by atoms with Gasteiger partial charge in [0, 0.05) is 0 Å². The van der Waals surface area contributed by atoms with Crippen molar-refractivity contribution >= 4 is 5.91 Å². The SMILES string of the molecule is CC(C(N)=O)c1ccc(F)cc1. The van der Waals surface area contributed by atoms with Gasteiger partial charge in [0.1, 0.15) is 5.82 Å². The number of amides is 1. The predicted molar refractivity (Wildman–Crippen MR) is 44.0 cm³/mol. The summed E-state index contributed by atoms with van der Waals surface area (Å²) in [6.45, 7) is 1.69. The highest BCUT2D eigenvalue weighted by atomic mass is 19.1. The number of hydrogen-bond donors (Lipinski definition) is 1. The summed E-state index contributed by atoms with van der Waals surface area (Å²) in [4.78, 5) is 10.7. The molecule has 3 heteroatoms. The van der Waals surface area contributed by atoms with Crippen molar-refractivity contribution in [2.75, 3.05) is 0 Å². The molecule has 0 aliphatic heterocycles. The van der Waals surface area contributed by atoms with Crippen LogP contribution in [0.15, 0.2) is 24.3 Å². The van der Waals surface area contributed by atoms with Gasteiger partial charge in [-0.15, -0.1) is 0 Å². The summed E-state index contributed by atoms with van der Waals surface area (Å²) in [6, 6.07) is 5.75. The van der Waals surface area contributed by atoms with Gasteiger partial charge in [-0.05, 0) is 24.6 Å². The molecule has 1 atom stereocenters. The molecular formula is C9H10FNO. The Morgan fingerprint density at radius 1 is 1.42 bits per heavy atom. The lowest BCUT2D eigenvalue weighted by Crippen LogP contribution is -2.18. The maximum atomic E-state index is 12.4. The van der Waals surface area contributed by atoms with Gasteiger partial charge in [-0.3, -0.25) is 4.79 Å². The molecule has 0 aliphatic rings. The molecule has 1 aromatic carbocycles. The first-order valence-electron chi connectivity index (χ1n) is 3.66. The summed E-state index contributed by atoms with van der Waals surface area (Å²) in [6.07, 6.45) is 0. The first kappa shape index (κ1) is 8.71. The molecule has 0 spiro atoms. The van der Waals surface area contributed by atoms with Crippen LogP contribution in [0.3, 0.4) is 0 Å². The molecule has 1 amide bonds. The third kappa shape index (κ3) is 1.81. The Kier molecular flexibility index (Phi) is 2.43. The number of hydrogen-bond acceptors (Lipinski definition) is 1.